The largest absolute Gasteiger partial charge is 0.471 e. The molecule has 0 aliphatic rings. The Bertz CT molecular complexity index is 975. The molecule has 1 unspecified atom stereocenters. The van der Waals surface area contributed by atoms with Crippen molar-refractivity contribution in [2.75, 3.05) is 6.61 Å². The molecule has 3 aromatic rings. The van der Waals surface area contributed by atoms with Crippen molar-refractivity contribution >= 4 is 7.60 Å². The third-order valence-corrected chi connectivity index (χ3v) is 5.78. The summed E-state index contributed by atoms with van der Waals surface area (Å²) in [5.41, 5.74) is 1.84. The first-order valence-electron chi connectivity index (χ1n) is 8.71. The molecule has 10 heteroatoms. The number of nitrogens with zero attached hydrogens (tertiary/aromatic N) is 2. The Balaban J connectivity index is 1.70. The highest BCUT2D eigenvalue weighted by molar-refractivity contribution is 7.53. The lowest BCUT2D eigenvalue weighted by Gasteiger charge is -2.18. The molecule has 3 rings (SSSR count). The summed E-state index contributed by atoms with van der Waals surface area (Å²) in [6.45, 7) is 2.07. The van der Waals surface area contributed by atoms with Crippen molar-refractivity contribution in [3.63, 3.8) is 0 Å². The van der Waals surface area contributed by atoms with Gasteiger partial charge in [0, 0.05) is 5.56 Å². The molecule has 0 saturated heterocycles. The van der Waals surface area contributed by atoms with Gasteiger partial charge in [-0.2, -0.15) is 18.2 Å². The second-order valence-corrected chi connectivity index (χ2v) is 8.12. The van der Waals surface area contributed by atoms with E-state index in [4.69, 9.17) is 9.05 Å². The molecule has 1 aromatic heterocycles. The van der Waals surface area contributed by atoms with Gasteiger partial charge in [0.05, 0.1) is 19.4 Å². The van der Waals surface area contributed by atoms with E-state index in [0.717, 1.165) is 5.56 Å². The molecule has 0 spiro atoms. The average Bonchev–Trinajstić information content (AvgIpc) is 3.19. The fraction of sp³-hybridized carbons (Fsp3) is 0.263. The summed E-state index contributed by atoms with van der Waals surface area (Å²) < 4.78 is 65.9. The molecule has 0 amide bonds. The second kappa shape index (κ2) is 8.90. The Labute approximate surface area is 165 Å². The van der Waals surface area contributed by atoms with Crippen molar-refractivity contribution in [3.8, 4) is 11.4 Å². The van der Waals surface area contributed by atoms with E-state index in [9.17, 15) is 17.7 Å². The van der Waals surface area contributed by atoms with Gasteiger partial charge in [-0.25, -0.2) is 0 Å². The molecule has 0 N–H and O–H groups in total. The van der Waals surface area contributed by atoms with E-state index in [1.807, 2.05) is 30.3 Å². The number of alkyl halides is 3. The molecular weight excluding hydrogens is 408 g/mol. The second-order valence-electron chi connectivity index (χ2n) is 6.06. The Kier molecular flexibility index (Phi) is 6.52. The minimum atomic E-state index is -4.70. The van der Waals surface area contributed by atoms with Gasteiger partial charge in [-0.3, -0.25) is 4.57 Å². The number of rotatable bonds is 8. The van der Waals surface area contributed by atoms with E-state index in [-0.39, 0.29) is 25.2 Å². The fourth-order valence-electron chi connectivity index (χ4n) is 2.51. The van der Waals surface area contributed by atoms with Crippen molar-refractivity contribution < 1.29 is 31.3 Å². The van der Waals surface area contributed by atoms with Crippen LogP contribution in [0.5, 0.6) is 0 Å². The van der Waals surface area contributed by atoms with Gasteiger partial charge in [0.1, 0.15) is 0 Å². The quantitative estimate of drug-likeness (QED) is 0.430. The van der Waals surface area contributed by atoms with Crippen LogP contribution in [0.1, 0.15) is 23.9 Å². The molecule has 1 atom stereocenters. The van der Waals surface area contributed by atoms with Gasteiger partial charge in [0.15, 0.2) is 0 Å². The first-order chi connectivity index (χ1) is 13.8. The predicted octanol–water partition coefficient (Wildman–Crippen LogP) is 5.70. The maximum atomic E-state index is 13.0. The van der Waals surface area contributed by atoms with E-state index in [1.54, 1.807) is 19.1 Å². The standard InChI is InChI=1S/C19H18F3N2O4P/c1-2-26-29(25,27-12-14-6-4-3-5-7-14)13-15-8-10-16(11-9-15)17-23-18(28-24-17)19(20,21)22/h3-11H,2,12-13H2,1H3. The van der Waals surface area contributed by atoms with Crippen LogP contribution in [-0.2, 0) is 32.6 Å². The summed E-state index contributed by atoms with van der Waals surface area (Å²) in [5.74, 6) is -1.59. The maximum Gasteiger partial charge on any atom is 0.471 e. The Morgan fingerprint density at radius 2 is 1.69 bits per heavy atom. The van der Waals surface area contributed by atoms with E-state index in [2.05, 4.69) is 14.7 Å². The summed E-state index contributed by atoms with van der Waals surface area (Å²) in [4.78, 5) is 3.34. The van der Waals surface area contributed by atoms with Gasteiger partial charge in [-0.05, 0) is 18.1 Å². The summed E-state index contributed by atoms with van der Waals surface area (Å²) in [6.07, 6.45) is -4.68. The third kappa shape index (κ3) is 5.76. The lowest BCUT2D eigenvalue weighted by Crippen LogP contribution is -2.04. The Morgan fingerprint density at radius 1 is 1.00 bits per heavy atom. The minimum Gasteiger partial charge on any atom is -0.329 e. The highest BCUT2D eigenvalue weighted by atomic mass is 31.2. The molecule has 6 nitrogen and oxygen atoms in total. The normalized spacial score (nSPS) is 13.9. The molecule has 0 bridgehead atoms. The van der Waals surface area contributed by atoms with Gasteiger partial charge in [0.25, 0.3) is 0 Å². The number of benzene rings is 2. The molecule has 154 valence electrons. The third-order valence-electron chi connectivity index (χ3n) is 3.85. The number of halogens is 3. The molecule has 29 heavy (non-hydrogen) atoms. The lowest BCUT2D eigenvalue weighted by molar-refractivity contribution is -0.159. The topological polar surface area (TPSA) is 74.5 Å². The maximum absolute atomic E-state index is 13.0. The molecule has 2 aromatic carbocycles. The summed E-state index contributed by atoms with van der Waals surface area (Å²) in [6, 6.07) is 15.5. The highest BCUT2D eigenvalue weighted by Crippen LogP contribution is 2.52. The first kappa shape index (κ1) is 21.2. The van der Waals surface area contributed by atoms with Crippen molar-refractivity contribution in [2.24, 2.45) is 0 Å². The summed E-state index contributed by atoms with van der Waals surface area (Å²) >= 11 is 0. The summed E-state index contributed by atoms with van der Waals surface area (Å²) in [5, 5.41) is 3.34. The van der Waals surface area contributed by atoms with Crippen LogP contribution in [0.25, 0.3) is 11.4 Å². The molecule has 0 radical (unpaired) electrons. The van der Waals surface area contributed by atoms with E-state index in [1.165, 1.54) is 12.1 Å². The summed E-state index contributed by atoms with van der Waals surface area (Å²) in [7, 11) is -3.41. The Hall–Kier alpha value is -2.48. The smallest absolute Gasteiger partial charge is 0.329 e. The number of aromatic nitrogens is 2. The van der Waals surface area contributed by atoms with E-state index < -0.39 is 19.7 Å². The number of hydrogen-bond acceptors (Lipinski definition) is 6. The van der Waals surface area contributed by atoms with Crippen LogP contribution in [0.15, 0.2) is 59.1 Å². The van der Waals surface area contributed by atoms with E-state index >= 15 is 0 Å². The zero-order valence-electron chi connectivity index (χ0n) is 15.4. The Morgan fingerprint density at radius 3 is 2.28 bits per heavy atom. The monoisotopic (exact) mass is 426 g/mol. The molecule has 0 saturated carbocycles. The van der Waals surface area contributed by atoms with Crippen LogP contribution in [0.3, 0.4) is 0 Å². The SMILES string of the molecule is CCOP(=O)(Cc1ccc(-c2noc(C(F)(F)F)n2)cc1)OCc1ccccc1. The van der Waals surface area contributed by atoms with Crippen LogP contribution in [0, 0.1) is 0 Å². The molecule has 1 heterocycles. The van der Waals surface area contributed by atoms with E-state index in [0.29, 0.717) is 11.1 Å². The minimum absolute atomic E-state index is 0.0218. The predicted molar refractivity (Wildman–Crippen MR) is 98.9 cm³/mol. The van der Waals surface area contributed by atoms with Gasteiger partial charge in [0.2, 0.25) is 5.82 Å². The van der Waals surface area contributed by atoms with Gasteiger partial charge in [-0.1, -0.05) is 59.8 Å². The molecular formula is C19H18F3N2O4P. The highest BCUT2D eigenvalue weighted by Gasteiger charge is 2.38. The van der Waals surface area contributed by atoms with Crippen molar-refractivity contribution in [2.45, 2.75) is 25.9 Å². The van der Waals surface area contributed by atoms with Gasteiger partial charge >= 0.3 is 19.7 Å². The zero-order chi connectivity index (χ0) is 20.9. The van der Waals surface area contributed by atoms with Crippen LogP contribution in [0.2, 0.25) is 0 Å². The van der Waals surface area contributed by atoms with Crippen molar-refractivity contribution in [1.82, 2.24) is 10.1 Å². The van der Waals surface area contributed by atoms with Crippen LogP contribution in [-0.4, -0.2) is 16.7 Å². The molecule has 0 aliphatic carbocycles. The molecule has 0 aliphatic heterocycles. The van der Waals surface area contributed by atoms with Crippen molar-refractivity contribution in [1.29, 1.82) is 0 Å². The van der Waals surface area contributed by atoms with Crippen LogP contribution in [0.4, 0.5) is 13.2 Å². The van der Waals surface area contributed by atoms with Crippen LogP contribution >= 0.6 is 7.60 Å². The lowest BCUT2D eigenvalue weighted by atomic mass is 10.1. The average molecular weight is 426 g/mol. The first-order valence-corrected chi connectivity index (χ1v) is 10.4. The fourth-order valence-corrected chi connectivity index (χ4v) is 4.17. The van der Waals surface area contributed by atoms with Gasteiger partial charge < -0.3 is 13.6 Å². The zero-order valence-corrected chi connectivity index (χ0v) is 16.3. The van der Waals surface area contributed by atoms with Crippen LogP contribution < -0.4 is 0 Å². The molecule has 0 fully saturated rings. The number of hydrogen-bond donors (Lipinski definition) is 0. The van der Waals surface area contributed by atoms with Crippen molar-refractivity contribution in [3.05, 3.63) is 71.6 Å². The van der Waals surface area contributed by atoms with Gasteiger partial charge in [-0.15, -0.1) is 0 Å².